The van der Waals surface area contributed by atoms with Gasteiger partial charge in [-0.3, -0.25) is 4.90 Å². The van der Waals surface area contributed by atoms with Gasteiger partial charge in [0.2, 0.25) is 0 Å². The molecule has 0 atom stereocenters. The number of hydrogen-bond acceptors (Lipinski definition) is 3. The van der Waals surface area contributed by atoms with E-state index in [0.29, 0.717) is 6.54 Å². The number of nitrogens with one attached hydrogen (secondary N) is 1. The SMILES string of the molecule is CC1CCN(Cc2ccc(CNC(=O)N3CCSCC3)cc2)CC1. The van der Waals surface area contributed by atoms with Crippen molar-refractivity contribution in [1.82, 2.24) is 15.1 Å². The molecule has 2 aliphatic rings. The zero-order valence-electron chi connectivity index (χ0n) is 14.7. The monoisotopic (exact) mass is 347 g/mol. The number of piperidine rings is 1. The quantitative estimate of drug-likeness (QED) is 0.909. The van der Waals surface area contributed by atoms with E-state index < -0.39 is 0 Å². The predicted octanol–water partition coefficient (Wildman–Crippen LogP) is 3.18. The average molecular weight is 348 g/mol. The van der Waals surface area contributed by atoms with E-state index in [1.165, 1.54) is 37.1 Å². The van der Waals surface area contributed by atoms with Gasteiger partial charge in [-0.15, -0.1) is 0 Å². The Hall–Kier alpha value is -1.20. The maximum Gasteiger partial charge on any atom is 0.317 e. The zero-order chi connectivity index (χ0) is 16.8. The highest BCUT2D eigenvalue weighted by Crippen LogP contribution is 2.18. The summed E-state index contributed by atoms with van der Waals surface area (Å²) in [5, 5.41) is 3.04. The molecule has 1 aromatic carbocycles. The molecule has 0 aliphatic carbocycles. The molecule has 0 unspecified atom stereocenters. The van der Waals surface area contributed by atoms with Gasteiger partial charge >= 0.3 is 6.03 Å². The number of likely N-dealkylation sites (tertiary alicyclic amines) is 1. The second kappa shape index (κ2) is 8.77. The van der Waals surface area contributed by atoms with Crippen LogP contribution in [0.25, 0.3) is 0 Å². The molecule has 4 nitrogen and oxygen atoms in total. The van der Waals surface area contributed by atoms with Crippen molar-refractivity contribution in [3.63, 3.8) is 0 Å². The number of nitrogens with zero attached hydrogens (tertiary/aromatic N) is 2. The molecule has 0 radical (unpaired) electrons. The zero-order valence-corrected chi connectivity index (χ0v) is 15.5. The van der Waals surface area contributed by atoms with Gasteiger partial charge in [0, 0.05) is 37.7 Å². The Morgan fingerprint density at radius 3 is 2.38 bits per heavy atom. The summed E-state index contributed by atoms with van der Waals surface area (Å²) in [6, 6.07) is 8.78. The third-order valence-electron chi connectivity index (χ3n) is 5.05. The maximum absolute atomic E-state index is 12.1. The third kappa shape index (κ3) is 5.15. The lowest BCUT2D eigenvalue weighted by molar-refractivity contribution is 0.185. The highest BCUT2D eigenvalue weighted by molar-refractivity contribution is 7.99. The number of benzene rings is 1. The summed E-state index contributed by atoms with van der Waals surface area (Å²) in [6.07, 6.45) is 2.64. The Bertz CT molecular complexity index is 520. The summed E-state index contributed by atoms with van der Waals surface area (Å²) in [5.74, 6) is 2.99. The lowest BCUT2D eigenvalue weighted by atomic mass is 9.99. The van der Waals surface area contributed by atoms with E-state index >= 15 is 0 Å². The van der Waals surface area contributed by atoms with Crippen LogP contribution in [0.1, 0.15) is 30.9 Å². The largest absolute Gasteiger partial charge is 0.334 e. The molecule has 2 fully saturated rings. The van der Waals surface area contributed by atoms with Crippen LogP contribution in [0.4, 0.5) is 4.79 Å². The lowest BCUT2D eigenvalue weighted by Crippen LogP contribution is -2.44. The molecule has 1 N–H and O–H groups in total. The average Bonchev–Trinajstić information content (AvgIpc) is 2.63. The summed E-state index contributed by atoms with van der Waals surface area (Å²) in [5.41, 5.74) is 2.54. The fourth-order valence-corrected chi connectivity index (χ4v) is 4.20. The van der Waals surface area contributed by atoms with E-state index in [0.717, 1.165) is 37.1 Å². The van der Waals surface area contributed by atoms with E-state index in [2.05, 4.69) is 41.4 Å². The Morgan fingerprint density at radius 1 is 1.08 bits per heavy atom. The number of amides is 2. The van der Waals surface area contributed by atoms with Crippen molar-refractivity contribution >= 4 is 17.8 Å². The number of carbonyl (C=O) groups excluding carboxylic acids is 1. The van der Waals surface area contributed by atoms with Crippen LogP contribution in [-0.2, 0) is 13.1 Å². The molecule has 0 aromatic heterocycles. The van der Waals surface area contributed by atoms with Gasteiger partial charge in [0.25, 0.3) is 0 Å². The molecule has 132 valence electrons. The van der Waals surface area contributed by atoms with Crippen molar-refractivity contribution in [1.29, 1.82) is 0 Å². The standard InChI is InChI=1S/C19H29N3OS/c1-16-6-8-21(9-7-16)15-18-4-2-17(3-5-18)14-20-19(23)22-10-12-24-13-11-22/h2-5,16H,6-15H2,1H3,(H,20,23). The van der Waals surface area contributed by atoms with Crippen LogP contribution in [0.2, 0.25) is 0 Å². The van der Waals surface area contributed by atoms with Crippen molar-refractivity contribution < 1.29 is 4.79 Å². The van der Waals surface area contributed by atoms with Crippen molar-refractivity contribution in [2.75, 3.05) is 37.7 Å². The van der Waals surface area contributed by atoms with E-state index in [1.54, 1.807) is 0 Å². The summed E-state index contributed by atoms with van der Waals surface area (Å²) in [6.45, 7) is 8.17. The third-order valence-corrected chi connectivity index (χ3v) is 5.99. The molecule has 0 saturated carbocycles. The molecule has 2 amide bonds. The summed E-state index contributed by atoms with van der Waals surface area (Å²) in [4.78, 5) is 16.6. The first-order chi connectivity index (χ1) is 11.7. The van der Waals surface area contributed by atoms with Gasteiger partial charge in [-0.25, -0.2) is 4.79 Å². The smallest absolute Gasteiger partial charge is 0.317 e. The summed E-state index contributed by atoms with van der Waals surface area (Å²) < 4.78 is 0. The Morgan fingerprint density at radius 2 is 1.71 bits per heavy atom. The first kappa shape index (κ1) is 17.6. The van der Waals surface area contributed by atoms with Crippen LogP contribution in [0.15, 0.2) is 24.3 Å². The molecule has 24 heavy (non-hydrogen) atoms. The molecule has 0 bridgehead atoms. The number of thioether (sulfide) groups is 1. The van der Waals surface area contributed by atoms with Gasteiger partial charge < -0.3 is 10.2 Å². The van der Waals surface area contributed by atoms with Crippen molar-refractivity contribution in [2.45, 2.75) is 32.9 Å². The molecule has 3 rings (SSSR count). The van der Waals surface area contributed by atoms with Gasteiger partial charge in [0.1, 0.15) is 0 Å². The second-order valence-electron chi connectivity index (χ2n) is 7.03. The normalized spacial score (nSPS) is 20.1. The predicted molar refractivity (Wildman–Crippen MR) is 101 cm³/mol. The van der Waals surface area contributed by atoms with Gasteiger partial charge in [0.05, 0.1) is 0 Å². The molecule has 0 spiro atoms. The van der Waals surface area contributed by atoms with E-state index in [1.807, 2.05) is 16.7 Å². The van der Waals surface area contributed by atoms with Crippen LogP contribution < -0.4 is 5.32 Å². The molecule has 5 heteroatoms. The van der Waals surface area contributed by atoms with Crippen LogP contribution in [-0.4, -0.2) is 53.5 Å². The number of carbonyl (C=O) groups is 1. The first-order valence-corrected chi connectivity index (χ1v) is 10.3. The molecule has 1 aromatic rings. The van der Waals surface area contributed by atoms with Gasteiger partial charge in [-0.1, -0.05) is 31.2 Å². The molecule has 2 aliphatic heterocycles. The van der Waals surface area contributed by atoms with Gasteiger partial charge in [-0.2, -0.15) is 11.8 Å². The fourth-order valence-electron chi connectivity index (χ4n) is 3.30. The topological polar surface area (TPSA) is 35.6 Å². The van der Waals surface area contributed by atoms with Crippen molar-refractivity contribution in [3.05, 3.63) is 35.4 Å². The summed E-state index contributed by atoms with van der Waals surface area (Å²) in [7, 11) is 0. The highest BCUT2D eigenvalue weighted by atomic mass is 32.2. The van der Waals surface area contributed by atoms with Gasteiger partial charge in [0.15, 0.2) is 0 Å². The van der Waals surface area contributed by atoms with Crippen LogP contribution >= 0.6 is 11.8 Å². The minimum atomic E-state index is 0.0711. The van der Waals surface area contributed by atoms with E-state index in [9.17, 15) is 4.79 Å². The maximum atomic E-state index is 12.1. The number of hydrogen-bond donors (Lipinski definition) is 1. The van der Waals surface area contributed by atoms with E-state index in [-0.39, 0.29) is 6.03 Å². The lowest BCUT2D eigenvalue weighted by Gasteiger charge is -2.30. The number of rotatable bonds is 4. The first-order valence-electron chi connectivity index (χ1n) is 9.11. The Balaban J connectivity index is 1.43. The minimum absolute atomic E-state index is 0.0711. The molecule has 2 saturated heterocycles. The second-order valence-corrected chi connectivity index (χ2v) is 8.26. The van der Waals surface area contributed by atoms with E-state index in [4.69, 9.17) is 0 Å². The molecule has 2 heterocycles. The Kier molecular flexibility index (Phi) is 6.44. The Labute approximate surface area is 150 Å². The van der Waals surface area contributed by atoms with Crippen LogP contribution in [0.3, 0.4) is 0 Å². The fraction of sp³-hybridized carbons (Fsp3) is 0.632. The molecular formula is C19H29N3OS. The van der Waals surface area contributed by atoms with Crippen LogP contribution in [0.5, 0.6) is 0 Å². The van der Waals surface area contributed by atoms with Crippen LogP contribution in [0, 0.1) is 5.92 Å². The highest BCUT2D eigenvalue weighted by Gasteiger charge is 2.17. The van der Waals surface area contributed by atoms with Crippen molar-refractivity contribution in [2.24, 2.45) is 5.92 Å². The number of urea groups is 1. The van der Waals surface area contributed by atoms with Crippen molar-refractivity contribution in [3.8, 4) is 0 Å². The minimum Gasteiger partial charge on any atom is -0.334 e. The summed E-state index contributed by atoms with van der Waals surface area (Å²) >= 11 is 1.92. The molecular weight excluding hydrogens is 318 g/mol. The van der Waals surface area contributed by atoms with Gasteiger partial charge in [-0.05, 0) is 43.0 Å².